The third-order valence-electron chi connectivity index (χ3n) is 6.81. The summed E-state index contributed by atoms with van der Waals surface area (Å²) in [4.78, 5) is 5.01. The number of hydrogen-bond acceptors (Lipinski definition) is 3. The second-order valence-electron chi connectivity index (χ2n) is 8.79. The zero-order chi connectivity index (χ0) is 18.5. The zero-order valence-electron chi connectivity index (χ0n) is 17.1. The Morgan fingerprint density at radius 2 is 2.21 bits per heavy atom. The SMILES string of the molecule is CCOCCC1(CN=C(NCCc2ccco2)NC2CC3CCC2C3)CC1.I. The fourth-order valence-electron chi connectivity index (χ4n) is 4.85. The van der Waals surface area contributed by atoms with E-state index in [2.05, 4.69) is 17.6 Å². The van der Waals surface area contributed by atoms with Gasteiger partial charge in [0.05, 0.1) is 6.26 Å². The summed E-state index contributed by atoms with van der Waals surface area (Å²) < 4.78 is 11.0. The first-order valence-electron chi connectivity index (χ1n) is 10.9. The van der Waals surface area contributed by atoms with E-state index in [9.17, 15) is 0 Å². The second kappa shape index (κ2) is 10.3. The summed E-state index contributed by atoms with van der Waals surface area (Å²) in [6.45, 7) is 5.51. The molecule has 3 saturated carbocycles. The number of nitrogens with zero attached hydrogens (tertiary/aromatic N) is 1. The van der Waals surface area contributed by atoms with Gasteiger partial charge in [-0.3, -0.25) is 4.99 Å². The molecule has 2 N–H and O–H groups in total. The molecule has 0 saturated heterocycles. The fourth-order valence-corrected chi connectivity index (χ4v) is 4.85. The van der Waals surface area contributed by atoms with E-state index in [1.165, 1.54) is 38.5 Å². The molecule has 0 spiro atoms. The van der Waals surface area contributed by atoms with E-state index >= 15 is 0 Å². The lowest BCUT2D eigenvalue weighted by molar-refractivity contribution is 0.129. The maximum atomic E-state index is 5.57. The number of guanidine groups is 1. The Labute approximate surface area is 186 Å². The predicted octanol–water partition coefficient (Wildman–Crippen LogP) is 4.37. The van der Waals surface area contributed by atoms with Crippen molar-refractivity contribution in [3.8, 4) is 0 Å². The number of nitrogens with one attached hydrogen (secondary N) is 2. The Bertz CT molecular complexity index is 615. The lowest BCUT2D eigenvalue weighted by Crippen LogP contribution is -2.46. The third-order valence-corrected chi connectivity index (χ3v) is 6.81. The minimum atomic E-state index is 0. The Hall–Kier alpha value is -0.760. The minimum Gasteiger partial charge on any atom is -0.469 e. The number of halogens is 1. The van der Waals surface area contributed by atoms with Crippen LogP contribution in [0.5, 0.6) is 0 Å². The second-order valence-corrected chi connectivity index (χ2v) is 8.79. The fraction of sp³-hybridized carbons (Fsp3) is 0.773. The quantitative estimate of drug-likeness (QED) is 0.216. The van der Waals surface area contributed by atoms with Gasteiger partial charge < -0.3 is 19.8 Å². The lowest BCUT2D eigenvalue weighted by atomic mass is 9.95. The van der Waals surface area contributed by atoms with Crippen LogP contribution in [-0.4, -0.2) is 38.3 Å². The molecule has 0 radical (unpaired) electrons. The maximum Gasteiger partial charge on any atom is 0.191 e. The molecule has 0 aromatic carbocycles. The van der Waals surface area contributed by atoms with Gasteiger partial charge in [-0.1, -0.05) is 6.42 Å². The van der Waals surface area contributed by atoms with Crippen LogP contribution in [0.1, 0.15) is 57.6 Å². The maximum absolute atomic E-state index is 5.57. The van der Waals surface area contributed by atoms with Crippen LogP contribution >= 0.6 is 24.0 Å². The molecule has 28 heavy (non-hydrogen) atoms. The van der Waals surface area contributed by atoms with Crippen molar-refractivity contribution in [2.24, 2.45) is 22.2 Å². The summed E-state index contributed by atoms with van der Waals surface area (Å²) >= 11 is 0. The molecule has 6 heteroatoms. The largest absolute Gasteiger partial charge is 0.469 e. The van der Waals surface area contributed by atoms with Crippen LogP contribution in [0, 0.1) is 17.3 Å². The Balaban J connectivity index is 0.00000225. The zero-order valence-corrected chi connectivity index (χ0v) is 19.5. The van der Waals surface area contributed by atoms with Crippen LogP contribution in [0.25, 0.3) is 0 Å². The first-order valence-corrected chi connectivity index (χ1v) is 10.9. The van der Waals surface area contributed by atoms with Crippen molar-refractivity contribution in [1.82, 2.24) is 10.6 Å². The molecule has 0 aliphatic heterocycles. The van der Waals surface area contributed by atoms with Crippen LogP contribution < -0.4 is 10.6 Å². The van der Waals surface area contributed by atoms with E-state index in [0.717, 1.165) is 62.7 Å². The smallest absolute Gasteiger partial charge is 0.191 e. The standard InChI is InChI=1S/C22H35N3O2.HI/c1-2-26-13-10-22(8-9-22)16-24-21(23-11-7-19-4-3-12-27-19)25-20-15-17-5-6-18(20)14-17;/h3-4,12,17-18,20H,2,5-11,13-16H2,1H3,(H2,23,24,25);1H. The molecule has 4 rings (SSSR count). The number of ether oxygens (including phenoxy) is 1. The van der Waals surface area contributed by atoms with Gasteiger partial charge >= 0.3 is 0 Å². The first-order chi connectivity index (χ1) is 13.3. The number of aliphatic imine (C=N–C) groups is 1. The predicted molar refractivity (Wildman–Crippen MR) is 123 cm³/mol. The molecular weight excluding hydrogens is 465 g/mol. The van der Waals surface area contributed by atoms with Crippen molar-refractivity contribution in [2.45, 2.75) is 64.3 Å². The number of hydrogen-bond donors (Lipinski definition) is 2. The summed E-state index contributed by atoms with van der Waals surface area (Å²) in [6.07, 6.45) is 11.9. The Morgan fingerprint density at radius 3 is 2.86 bits per heavy atom. The number of furan rings is 1. The number of rotatable bonds is 10. The number of fused-ring (bicyclic) bond motifs is 2. The lowest BCUT2D eigenvalue weighted by Gasteiger charge is -2.25. The molecule has 1 aromatic heterocycles. The van der Waals surface area contributed by atoms with Gasteiger partial charge in [-0.2, -0.15) is 0 Å². The van der Waals surface area contributed by atoms with Gasteiger partial charge in [-0.15, -0.1) is 24.0 Å². The summed E-state index contributed by atoms with van der Waals surface area (Å²) in [5.74, 6) is 3.82. The van der Waals surface area contributed by atoms with Crippen LogP contribution in [0.15, 0.2) is 27.8 Å². The van der Waals surface area contributed by atoms with Crippen molar-refractivity contribution in [1.29, 1.82) is 0 Å². The highest BCUT2D eigenvalue weighted by Gasteiger charge is 2.42. The highest BCUT2D eigenvalue weighted by atomic mass is 127. The molecule has 2 bridgehead atoms. The summed E-state index contributed by atoms with van der Waals surface area (Å²) in [7, 11) is 0. The molecule has 3 fully saturated rings. The van der Waals surface area contributed by atoms with Crippen molar-refractivity contribution >= 4 is 29.9 Å². The highest BCUT2D eigenvalue weighted by Crippen LogP contribution is 2.49. The molecule has 3 aliphatic rings. The average molecular weight is 501 g/mol. The molecule has 1 heterocycles. The van der Waals surface area contributed by atoms with Gasteiger partial charge in [0.25, 0.3) is 0 Å². The topological polar surface area (TPSA) is 58.8 Å². The van der Waals surface area contributed by atoms with Crippen LogP contribution in [-0.2, 0) is 11.2 Å². The molecule has 5 nitrogen and oxygen atoms in total. The monoisotopic (exact) mass is 501 g/mol. The van der Waals surface area contributed by atoms with E-state index < -0.39 is 0 Å². The minimum absolute atomic E-state index is 0. The van der Waals surface area contributed by atoms with Gasteiger partial charge in [0.2, 0.25) is 0 Å². The van der Waals surface area contributed by atoms with Crippen molar-refractivity contribution < 1.29 is 9.15 Å². The Morgan fingerprint density at radius 1 is 1.32 bits per heavy atom. The summed E-state index contributed by atoms with van der Waals surface area (Å²) in [5, 5.41) is 7.33. The molecule has 3 unspecified atom stereocenters. The normalized spacial score (nSPS) is 27.5. The molecule has 3 aliphatic carbocycles. The van der Waals surface area contributed by atoms with Gasteiger partial charge in [0.15, 0.2) is 5.96 Å². The summed E-state index contributed by atoms with van der Waals surface area (Å²) in [6, 6.07) is 4.60. The molecule has 0 amide bonds. The van der Waals surface area contributed by atoms with Gasteiger partial charge in [0.1, 0.15) is 5.76 Å². The molecule has 3 atom stereocenters. The van der Waals surface area contributed by atoms with Gasteiger partial charge in [-0.05, 0) is 74.8 Å². The van der Waals surface area contributed by atoms with Gasteiger partial charge in [0, 0.05) is 38.8 Å². The van der Waals surface area contributed by atoms with Crippen LogP contribution in [0.2, 0.25) is 0 Å². The van der Waals surface area contributed by atoms with Crippen molar-refractivity contribution in [2.75, 3.05) is 26.3 Å². The average Bonchev–Trinajstić information content (AvgIpc) is 3.07. The summed E-state index contributed by atoms with van der Waals surface area (Å²) in [5.41, 5.74) is 0.388. The van der Waals surface area contributed by atoms with E-state index in [4.69, 9.17) is 14.1 Å². The van der Waals surface area contributed by atoms with E-state index in [1.54, 1.807) is 6.26 Å². The van der Waals surface area contributed by atoms with Crippen molar-refractivity contribution in [3.05, 3.63) is 24.2 Å². The molecular formula is C22H36IN3O2. The van der Waals surface area contributed by atoms with E-state index in [0.29, 0.717) is 11.5 Å². The molecule has 158 valence electrons. The van der Waals surface area contributed by atoms with Crippen molar-refractivity contribution in [3.63, 3.8) is 0 Å². The third kappa shape index (κ3) is 5.88. The highest BCUT2D eigenvalue weighted by molar-refractivity contribution is 14.0. The van der Waals surface area contributed by atoms with E-state index in [1.807, 2.05) is 12.1 Å². The van der Waals surface area contributed by atoms with E-state index in [-0.39, 0.29) is 24.0 Å². The van der Waals surface area contributed by atoms with Crippen LogP contribution in [0.4, 0.5) is 0 Å². The first kappa shape index (κ1) is 21.9. The molecule has 1 aromatic rings. The van der Waals surface area contributed by atoms with Gasteiger partial charge in [-0.25, -0.2) is 0 Å². The Kier molecular flexibility index (Phi) is 8.09. The van der Waals surface area contributed by atoms with Crippen LogP contribution in [0.3, 0.4) is 0 Å².